The van der Waals surface area contributed by atoms with E-state index in [0.717, 1.165) is 23.2 Å². The minimum Gasteiger partial charge on any atom is -0.496 e. The van der Waals surface area contributed by atoms with Gasteiger partial charge >= 0.3 is 0 Å². The second-order valence-corrected chi connectivity index (χ2v) is 8.31. The first-order valence-electron chi connectivity index (χ1n) is 8.96. The lowest BCUT2D eigenvalue weighted by atomic mass is 10.0. The highest BCUT2D eigenvalue weighted by Crippen LogP contribution is 2.31. The molecule has 1 aliphatic rings. The number of hydrogen-bond donors (Lipinski definition) is 1. The summed E-state index contributed by atoms with van der Waals surface area (Å²) in [6.45, 7) is 4.50. The van der Waals surface area contributed by atoms with Gasteiger partial charge in [-0.2, -0.15) is 0 Å². The number of aryl methyl sites for hydroxylation is 2. The lowest BCUT2D eigenvalue weighted by Gasteiger charge is -2.29. The third-order valence-electron chi connectivity index (χ3n) is 4.66. The molecule has 1 amide bonds. The number of benzene rings is 2. The van der Waals surface area contributed by atoms with Crippen LogP contribution in [0.2, 0.25) is 0 Å². The van der Waals surface area contributed by atoms with E-state index in [0.29, 0.717) is 30.8 Å². The number of hydrogen-bond acceptors (Lipinski definition) is 4. The van der Waals surface area contributed by atoms with Crippen molar-refractivity contribution in [2.75, 3.05) is 23.3 Å². The Morgan fingerprint density at radius 2 is 1.93 bits per heavy atom. The molecule has 1 heterocycles. The molecule has 0 aromatic heterocycles. The number of methoxy groups -OCH3 is 1. The second-order valence-electron chi connectivity index (χ2n) is 6.63. The van der Waals surface area contributed by atoms with Crippen LogP contribution in [-0.4, -0.2) is 28.0 Å². The van der Waals surface area contributed by atoms with Gasteiger partial charge in [0.25, 0.3) is 10.0 Å². The van der Waals surface area contributed by atoms with Crippen LogP contribution >= 0.6 is 0 Å². The number of anilines is 2. The van der Waals surface area contributed by atoms with E-state index in [9.17, 15) is 13.2 Å². The molecule has 27 heavy (non-hydrogen) atoms. The van der Waals surface area contributed by atoms with Crippen molar-refractivity contribution in [2.24, 2.45) is 0 Å². The first-order chi connectivity index (χ1) is 12.9. The van der Waals surface area contributed by atoms with E-state index >= 15 is 0 Å². The number of sulfonamides is 1. The normalized spacial score (nSPS) is 14.0. The summed E-state index contributed by atoms with van der Waals surface area (Å²) in [6, 6.07) is 10.1. The minimum absolute atomic E-state index is 0.117. The van der Waals surface area contributed by atoms with Crippen molar-refractivity contribution < 1.29 is 17.9 Å². The summed E-state index contributed by atoms with van der Waals surface area (Å²) in [6.07, 6.45) is 1.93. The summed E-state index contributed by atoms with van der Waals surface area (Å²) >= 11 is 0. The second kappa shape index (κ2) is 7.60. The van der Waals surface area contributed by atoms with Crippen molar-refractivity contribution >= 4 is 27.3 Å². The average molecular weight is 388 g/mol. The first-order valence-corrected chi connectivity index (χ1v) is 10.4. The summed E-state index contributed by atoms with van der Waals surface area (Å²) in [4.78, 5) is 14.1. The number of ether oxygens (including phenoxy) is 1. The number of carbonyl (C=O) groups is 1. The molecule has 0 fully saturated rings. The van der Waals surface area contributed by atoms with Crippen LogP contribution in [0.1, 0.15) is 30.9 Å². The largest absolute Gasteiger partial charge is 0.496 e. The molecule has 0 saturated carbocycles. The summed E-state index contributed by atoms with van der Waals surface area (Å²) < 4.78 is 33.3. The van der Waals surface area contributed by atoms with Gasteiger partial charge in [0.05, 0.1) is 12.0 Å². The highest BCUT2D eigenvalue weighted by Gasteiger charge is 2.24. The zero-order valence-corrected chi connectivity index (χ0v) is 16.6. The van der Waals surface area contributed by atoms with E-state index in [2.05, 4.69) is 4.72 Å². The molecule has 1 aliphatic heterocycles. The number of carbonyl (C=O) groups excluding carboxylic acids is 1. The summed E-state index contributed by atoms with van der Waals surface area (Å²) in [5, 5.41) is 0. The molecule has 7 heteroatoms. The average Bonchev–Trinajstić information content (AvgIpc) is 2.64. The summed E-state index contributed by atoms with van der Waals surface area (Å²) in [5.41, 5.74) is 3.10. The van der Waals surface area contributed by atoms with Gasteiger partial charge < -0.3 is 9.64 Å². The van der Waals surface area contributed by atoms with Gasteiger partial charge in [-0.05, 0) is 67.3 Å². The third-order valence-corrected chi connectivity index (χ3v) is 6.03. The fraction of sp³-hybridized carbons (Fsp3) is 0.350. The van der Waals surface area contributed by atoms with E-state index in [1.54, 1.807) is 37.1 Å². The van der Waals surface area contributed by atoms with Gasteiger partial charge in [-0.15, -0.1) is 0 Å². The van der Waals surface area contributed by atoms with Crippen molar-refractivity contribution in [1.29, 1.82) is 0 Å². The van der Waals surface area contributed by atoms with E-state index in [1.807, 2.05) is 19.1 Å². The molecule has 3 rings (SSSR count). The van der Waals surface area contributed by atoms with Crippen LogP contribution in [-0.2, 0) is 21.2 Å². The standard InChI is InChI=1S/C20H24N2O4S/c1-4-11-22-18-8-6-16(13-15(18)5-10-20(22)23)21-27(24,25)17-7-9-19(26-3)14(2)12-17/h6-9,12-13,21H,4-5,10-11H2,1-3H3. The Balaban J connectivity index is 1.88. The van der Waals surface area contributed by atoms with Crippen LogP contribution in [0.4, 0.5) is 11.4 Å². The Bertz CT molecular complexity index is 970. The Morgan fingerprint density at radius 3 is 2.59 bits per heavy atom. The van der Waals surface area contributed by atoms with Crippen LogP contribution in [0.25, 0.3) is 0 Å². The van der Waals surface area contributed by atoms with E-state index in [4.69, 9.17) is 4.74 Å². The van der Waals surface area contributed by atoms with Crippen molar-refractivity contribution in [2.45, 2.75) is 38.0 Å². The van der Waals surface area contributed by atoms with Gasteiger partial charge in [0, 0.05) is 24.3 Å². The molecular formula is C20H24N2O4S. The summed E-state index contributed by atoms with van der Waals surface area (Å²) in [5.74, 6) is 0.759. The van der Waals surface area contributed by atoms with Crippen molar-refractivity contribution in [3.05, 3.63) is 47.5 Å². The Morgan fingerprint density at radius 1 is 1.15 bits per heavy atom. The highest BCUT2D eigenvalue weighted by molar-refractivity contribution is 7.92. The maximum Gasteiger partial charge on any atom is 0.261 e. The Hall–Kier alpha value is -2.54. The molecule has 0 atom stereocenters. The molecule has 0 spiro atoms. The third kappa shape index (κ3) is 3.93. The zero-order valence-electron chi connectivity index (χ0n) is 15.8. The molecule has 0 unspecified atom stereocenters. The Labute approximate surface area is 160 Å². The van der Waals surface area contributed by atoms with Crippen LogP contribution in [0, 0.1) is 6.92 Å². The molecular weight excluding hydrogens is 364 g/mol. The van der Waals surface area contributed by atoms with Crippen LogP contribution in [0.15, 0.2) is 41.3 Å². The quantitative estimate of drug-likeness (QED) is 0.822. The fourth-order valence-electron chi connectivity index (χ4n) is 3.32. The molecule has 6 nitrogen and oxygen atoms in total. The lowest BCUT2D eigenvalue weighted by Crippen LogP contribution is -2.35. The van der Waals surface area contributed by atoms with Crippen LogP contribution in [0.3, 0.4) is 0 Å². The van der Waals surface area contributed by atoms with Crippen LogP contribution in [0.5, 0.6) is 5.75 Å². The van der Waals surface area contributed by atoms with Gasteiger partial charge in [0.15, 0.2) is 0 Å². The smallest absolute Gasteiger partial charge is 0.261 e. The molecule has 2 aromatic rings. The maximum absolute atomic E-state index is 12.7. The molecule has 0 bridgehead atoms. The van der Waals surface area contributed by atoms with Gasteiger partial charge in [0.2, 0.25) is 5.91 Å². The number of nitrogens with one attached hydrogen (secondary N) is 1. The van der Waals surface area contributed by atoms with Gasteiger partial charge in [-0.1, -0.05) is 6.92 Å². The monoisotopic (exact) mass is 388 g/mol. The number of amides is 1. The number of rotatable bonds is 6. The topological polar surface area (TPSA) is 75.7 Å². The number of nitrogens with zero attached hydrogens (tertiary/aromatic N) is 1. The Kier molecular flexibility index (Phi) is 5.41. The maximum atomic E-state index is 12.7. The van der Waals surface area contributed by atoms with E-state index < -0.39 is 10.0 Å². The predicted molar refractivity (Wildman–Crippen MR) is 106 cm³/mol. The lowest BCUT2D eigenvalue weighted by molar-refractivity contribution is -0.118. The SMILES string of the molecule is CCCN1C(=O)CCc2cc(NS(=O)(=O)c3ccc(OC)c(C)c3)ccc21. The number of fused-ring (bicyclic) bond motifs is 1. The minimum atomic E-state index is -3.71. The van der Waals surface area contributed by atoms with Crippen molar-refractivity contribution in [1.82, 2.24) is 0 Å². The molecule has 0 saturated heterocycles. The molecule has 0 aliphatic carbocycles. The van der Waals surface area contributed by atoms with E-state index in [1.165, 1.54) is 6.07 Å². The fourth-order valence-corrected chi connectivity index (χ4v) is 4.46. The van der Waals surface area contributed by atoms with Gasteiger partial charge in [-0.25, -0.2) is 8.42 Å². The van der Waals surface area contributed by atoms with Gasteiger partial charge in [0.1, 0.15) is 5.75 Å². The highest BCUT2D eigenvalue weighted by atomic mass is 32.2. The summed E-state index contributed by atoms with van der Waals surface area (Å²) in [7, 11) is -2.16. The molecule has 0 radical (unpaired) electrons. The van der Waals surface area contributed by atoms with Crippen molar-refractivity contribution in [3.63, 3.8) is 0 Å². The van der Waals surface area contributed by atoms with E-state index in [-0.39, 0.29) is 10.8 Å². The van der Waals surface area contributed by atoms with Gasteiger partial charge in [-0.3, -0.25) is 9.52 Å². The molecule has 2 aromatic carbocycles. The molecule has 1 N–H and O–H groups in total. The van der Waals surface area contributed by atoms with Crippen LogP contribution < -0.4 is 14.4 Å². The van der Waals surface area contributed by atoms with Crippen molar-refractivity contribution in [3.8, 4) is 5.75 Å². The predicted octanol–water partition coefficient (Wildman–Crippen LogP) is 3.49. The first kappa shape index (κ1) is 19.2. The zero-order chi connectivity index (χ0) is 19.6. The molecule has 144 valence electrons.